The summed E-state index contributed by atoms with van der Waals surface area (Å²) in [7, 11) is 0. The van der Waals surface area contributed by atoms with Crippen LogP contribution in [0.3, 0.4) is 0 Å². The van der Waals surface area contributed by atoms with Crippen molar-refractivity contribution < 1.29 is 4.79 Å². The molecule has 0 aliphatic heterocycles. The fraction of sp³-hybridized carbons (Fsp3) is 0.800. The van der Waals surface area contributed by atoms with Crippen molar-refractivity contribution in [3.63, 3.8) is 0 Å². The van der Waals surface area contributed by atoms with Crippen molar-refractivity contribution in [1.82, 2.24) is 0 Å². The van der Waals surface area contributed by atoms with Crippen molar-refractivity contribution in [3.05, 3.63) is 22.8 Å². The van der Waals surface area contributed by atoms with Crippen LogP contribution in [-0.4, -0.2) is 6.29 Å². The minimum atomic E-state index is 0.314. The van der Waals surface area contributed by atoms with E-state index < -0.39 is 0 Å². The number of carbonyl (C=O) groups excluding carboxylic acids is 1. The minimum absolute atomic E-state index is 0.314. The smallest absolute Gasteiger partial charge is 0.120 e. The van der Waals surface area contributed by atoms with E-state index in [2.05, 4.69) is 40.7 Å². The fourth-order valence-corrected chi connectivity index (χ4v) is 8.00. The third-order valence-corrected chi connectivity index (χ3v) is 9.35. The summed E-state index contributed by atoms with van der Waals surface area (Å²) in [6.45, 7) is 12.5. The highest BCUT2D eigenvalue weighted by molar-refractivity contribution is 5.52. The summed E-state index contributed by atoms with van der Waals surface area (Å²) in [6.07, 6.45) is 15.1. The lowest BCUT2D eigenvalue weighted by atomic mass is 9.47. The van der Waals surface area contributed by atoms with Crippen LogP contribution >= 0.6 is 0 Å². The van der Waals surface area contributed by atoms with E-state index in [0.717, 1.165) is 18.6 Å². The largest absolute Gasteiger partial charge is 0.303 e. The van der Waals surface area contributed by atoms with Crippen LogP contribution in [0.2, 0.25) is 0 Å². The molecule has 0 radical (unpaired) electrons. The first kappa shape index (κ1) is 18.5. The monoisotopic (exact) mass is 354 g/mol. The van der Waals surface area contributed by atoms with Crippen LogP contribution in [-0.2, 0) is 4.79 Å². The summed E-state index contributed by atoms with van der Waals surface area (Å²) in [5, 5.41) is 0. The molecule has 0 aromatic heterocycles. The summed E-state index contributed by atoms with van der Waals surface area (Å²) in [5.74, 6) is 2.03. The van der Waals surface area contributed by atoms with Gasteiger partial charge in [-0.3, -0.25) is 0 Å². The molecule has 5 atom stereocenters. The van der Waals surface area contributed by atoms with Gasteiger partial charge in [-0.15, -0.1) is 0 Å². The van der Waals surface area contributed by atoms with Crippen molar-refractivity contribution in [3.8, 4) is 0 Å². The number of fused-ring (bicyclic) bond motifs is 4. The van der Waals surface area contributed by atoms with E-state index in [9.17, 15) is 4.79 Å². The topological polar surface area (TPSA) is 17.1 Å². The molecular formula is C25H38O. The average molecular weight is 355 g/mol. The molecule has 1 unspecified atom stereocenters. The van der Waals surface area contributed by atoms with Crippen molar-refractivity contribution in [2.45, 2.75) is 92.4 Å². The molecule has 1 nitrogen and oxygen atoms in total. The number of hydrogen-bond acceptors (Lipinski definition) is 1. The van der Waals surface area contributed by atoms with Gasteiger partial charge in [-0.1, -0.05) is 52.7 Å². The van der Waals surface area contributed by atoms with Gasteiger partial charge in [0, 0.05) is 6.42 Å². The first-order chi connectivity index (χ1) is 12.2. The normalized spacial score (nSPS) is 42.4. The van der Waals surface area contributed by atoms with Crippen LogP contribution in [0.5, 0.6) is 0 Å². The summed E-state index contributed by atoms with van der Waals surface area (Å²) in [6, 6.07) is 0. The van der Waals surface area contributed by atoms with Gasteiger partial charge in [0.2, 0.25) is 0 Å². The van der Waals surface area contributed by atoms with Gasteiger partial charge in [0.25, 0.3) is 0 Å². The third-order valence-electron chi connectivity index (χ3n) is 9.35. The lowest BCUT2D eigenvalue weighted by Gasteiger charge is -2.58. The van der Waals surface area contributed by atoms with Crippen LogP contribution in [0.15, 0.2) is 22.8 Å². The van der Waals surface area contributed by atoms with Gasteiger partial charge < -0.3 is 4.79 Å². The van der Waals surface area contributed by atoms with E-state index in [1.807, 2.05) is 5.57 Å². The number of rotatable bonds is 3. The number of hydrogen-bond donors (Lipinski definition) is 0. The summed E-state index contributed by atoms with van der Waals surface area (Å²) in [4.78, 5) is 11.1. The van der Waals surface area contributed by atoms with Gasteiger partial charge in [-0.25, -0.2) is 0 Å². The molecule has 4 rings (SSSR count). The lowest BCUT2D eigenvalue weighted by Crippen LogP contribution is -2.47. The molecule has 1 fully saturated rings. The number of aldehydes is 1. The maximum absolute atomic E-state index is 11.1. The van der Waals surface area contributed by atoms with Gasteiger partial charge in [0.15, 0.2) is 0 Å². The Labute approximate surface area is 160 Å². The summed E-state index contributed by atoms with van der Waals surface area (Å²) in [5.41, 5.74) is 6.55. The second-order valence-electron chi connectivity index (χ2n) is 11.1. The van der Waals surface area contributed by atoms with Crippen molar-refractivity contribution in [2.24, 2.45) is 34.0 Å². The zero-order chi connectivity index (χ0) is 18.7. The molecule has 0 spiro atoms. The quantitative estimate of drug-likeness (QED) is 0.505. The summed E-state index contributed by atoms with van der Waals surface area (Å²) >= 11 is 0. The Bertz CT molecular complexity index is 666. The second kappa shape index (κ2) is 6.08. The molecule has 0 bridgehead atoms. The van der Waals surface area contributed by atoms with E-state index in [0.29, 0.717) is 28.1 Å². The molecule has 1 saturated carbocycles. The van der Waals surface area contributed by atoms with E-state index in [4.69, 9.17) is 0 Å². The van der Waals surface area contributed by atoms with Gasteiger partial charge in [-0.2, -0.15) is 0 Å². The molecule has 144 valence electrons. The molecule has 1 heteroatoms. The molecule has 0 saturated heterocycles. The molecule has 0 aromatic rings. The van der Waals surface area contributed by atoms with Gasteiger partial charge >= 0.3 is 0 Å². The maximum atomic E-state index is 11.1. The molecule has 0 amide bonds. The highest BCUT2D eigenvalue weighted by atomic mass is 16.1. The third kappa shape index (κ3) is 2.45. The zero-order valence-corrected chi connectivity index (χ0v) is 17.7. The van der Waals surface area contributed by atoms with Crippen molar-refractivity contribution >= 4 is 6.29 Å². The Morgan fingerprint density at radius 3 is 2.62 bits per heavy atom. The van der Waals surface area contributed by atoms with Gasteiger partial charge in [0.05, 0.1) is 0 Å². The Morgan fingerprint density at radius 2 is 1.88 bits per heavy atom. The molecular weight excluding hydrogens is 316 g/mol. The molecule has 4 aliphatic carbocycles. The molecule has 0 aromatic carbocycles. The molecule has 4 aliphatic rings. The Morgan fingerprint density at radius 1 is 1.12 bits per heavy atom. The predicted molar refractivity (Wildman–Crippen MR) is 109 cm³/mol. The lowest BCUT2D eigenvalue weighted by molar-refractivity contribution is -0.109. The second-order valence-corrected chi connectivity index (χ2v) is 11.1. The standard InChI is InChI=1S/C25H38O/c1-17(12-16-26)19-8-9-20-18-7-10-22-23(2,3)13-6-14-25(22,5)21(18)11-15-24(19,20)4/h9,16-17,19,22H,6-8,10-15H2,1-5H3/t17-,19+,22?,24+,25+/m0/s1. The van der Waals surface area contributed by atoms with Crippen LogP contribution in [0, 0.1) is 34.0 Å². The molecule has 0 heterocycles. The Balaban J connectivity index is 1.71. The van der Waals surface area contributed by atoms with Gasteiger partial charge in [0.1, 0.15) is 6.29 Å². The number of allylic oxidation sites excluding steroid dienone is 4. The van der Waals surface area contributed by atoms with Crippen molar-refractivity contribution in [2.75, 3.05) is 0 Å². The van der Waals surface area contributed by atoms with Crippen LogP contribution in [0.25, 0.3) is 0 Å². The van der Waals surface area contributed by atoms with Crippen LogP contribution < -0.4 is 0 Å². The average Bonchev–Trinajstić information content (AvgIpc) is 2.91. The highest BCUT2D eigenvalue weighted by Crippen LogP contribution is 2.66. The highest BCUT2D eigenvalue weighted by Gasteiger charge is 2.55. The maximum Gasteiger partial charge on any atom is 0.120 e. The first-order valence-corrected chi connectivity index (χ1v) is 11.1. The van der Waals surface area contributed by atoms with Gasteiger partial charge in [-0.05, 0) is 90.1 Å². The SMILES string of the molecule is C[C@@H](CC=O)[C@H]1CC=C2C3=C(CC[C@@]21C)[C@@]1(C)CCCC(C)(C)C1CC3. The predicted octanol–water partition coefficient (Wildman–Crippen LogP) is 6.88. The fourth-order valence-electron chi connectivity index (χ4n) is 8.00. The van der Waals surface area contributed by atoms with E-state index in [1.165, 1.54) is 51.4 Å². The van der Waals surface area contributed by atoms with Crippen molar-refractivity contribution in [1.29, 1.82) is 0 Å². The summed E-state index contributed by atoms with van der Waals surface area (Å²) < 4.78 is 0. The molecule has 0 N–H and O–H groups in total. The van der Waals surface area contributed by atoms with Crippen LogP contribution in [0.1, 0.15) is 92.4 Å². The molecule has 26 heavy (non-hydrogen) atoms. The van der Waals surface area contributed by atoms with E-state index in [-0.39, 0.29) is 0 Å². The van der Waals surface area contributed by atoms with E-state index >= 15 is 0 Å². The Kier molecular flexibility index (Phi) is 4.33. The zero-order valence-electron chi connectivity index (χ0n) is 17.7. The van der Waals surface area contributed by atoms with E-state index in [1.54, 1.807) is 11.1 Å². The first-order valence-electron chi connectivity index (χ1n) is 11.1. The Hall–Kier alpha value is -0.850. The van der Waals surface area contributed by atoms with Crippen LogP contribution in [0.4, 0.5) is 0 Å². The number of carbonyl (C=O) groups is 1. The minimum Gasteiger partial charge on any atom is -0.303 e.